The molecule has 2 aliphatic carbocycles. The Morgan fingerprint density at radius 3 is 1.97 bits per heavy atom. The van der Waals surface area contributed by atoms with E-state index in [1.165, 1.54) is 0 Å². The highest BCUT2D eigenvalue weighted by Gasteiger charge is 2.50. The molecule has 6 nitrogen and oxygen atoms in total. The number of benzene rings is 2. The summed E-state index contributed by atoms with van der Waals surface area (Å²) in [4.78, 5) is 22.3. The number of fused-ring (bicyclic) bond motifs is 6. The van der Waals surface area contributed by atoms with Gasteiger partial charge in [0, 0.05) is 23.0 Å². The maximum atomic E-state index is 11.3. The van der Waals surface area contributed by atoms with Crippen LogP contribution in [-0.2, 0) is 0 Å². The summed E-state index contributed by atoms with van der Waals surface area (Å²) < 4.78 is 13.7. The van der Waals surface area contributed by atoms with Gasteiger partial charge in [-0.05, 0) is 115 Å². The van der Waals surface area contributed by atoms with Crippen molar-refractivity contribution < 1.29 is 29.3 Å². The number of hydrogen-bond donors (Lipinski definition) is 2. The zero-order valence-electron chi connectivity index (χ0n) is 19.9. The van der Waals surface area contributed by atoms with Crippen LogP contribution in [0.5, 0.6) is 11.5 Å². The third-order valence-corrected chi connectivity index (χ3v) is 9.82. The van der Waals surface area contributed by atoms with Crippen molar-refractivity contribution in [1.82, 2.24) is 0 Å². The number of aromatic carboxylic acids is 2. The first kappa shape index (κ1) is 24.6. The smallest absolute Gasteiger partial charge is 0.336 e. The van der Waals surface area contributed by atoms with E-state index in [1.54, 1.807) is 18.2 Å². The van der Waals surface area contributed by atoms with Gasteiger partial charge in [0.25, 0.3) is 0 Å². The van der Waals surface area contributed by atoms with Crippen LogP contribution in [0, 0.1) is 6.92 Å². The van der Waals surface area contributed by atoms with E-state index in [0.717, 1.165) is 75.7 Å². The summed E-state index contributed by atoms with van der Waals surface area (Å²) in [5.74, 6) is 0.602. The van der Waals surface area contributed by atoms with E-state index in [4.69, 9.17) is 14.6 Å². The Morgan fingerprint density at radius 2 is 1.43 bits per heavy atom. The van der Waals surface area contributed by atoms with Crippen LogP contribution in [0.15, 0.2) is 27.1 Å². The van der Waals surface area contributed by atoms with E-state index in [0.29, 0.717) is 23.0 Å². The van der Waals surface area contributed by atoms with Crippen LogP contribution in [0.25, 0.3) is 0 Å². The zero-order valence-corrected chi connectivity index (χ0v) is 23.1. The molecule has 6 rings (SSSR count). The van der Waals surface area contributed by atoms with Crippen LogP contribution in [0.4, 0.5) is 0 Å². The van der Waals surface area contributed by atoms with E-state index in [-0.39, 0.29) is 11.2 Å². The highest BCUT2D eigenvalue weighted by atomic mass is 79.9. The number of halogens is 2. The maximum absolute atomic E-state index is 11.3. The molecule has 8 heteroatoms. The molecular formula is C27H28Br2O6. The predicted molar refractivity (Wildman–Crippen MR) is 138 cm³/mol. The van der Waals surface area contributed by atoms with E-state index in [9.17, 15) is 14.7 Å². The lowest BCUT2D eigenvalue weighted by Crippen LogP contribution is -2.29. The summed E-state index contributed by atoms with van der Waals surface area (Å²) in [6.45, 7) is 6.07. The highest BCUT2D eigenvalue weighted by Crippen LogP contribution is 2.57. The molecule has 35 heavy (non-hydrogen) atoms. The van der Waals surface area contributed by atoms with E-state index >= 15 is 0 Å². The Hall–Kier alpha value is -2.06. The van der Waals surface area contributed by atoms with Crippen molar-refractivity contribution in [2.45, 2.75) is 82.3 Å². The highest BCUT2D eigenvalue weighted by molar-refractivity contribution is 9.11. The number of rotatable bonds is 2. The average molecular weight is 608 g/mol. The second-order valence-corrected chi connectivity index (χ2v) is 12.1. The molecule has 0 saturated heterocycles. The first-order chi connectivity index (χ1) is 16.4. The number of ether oxygens (including phenoxy) is 2. The Kier molecular flexibility index (Phi) is 5.99. The van der Waals surface area contributed by atoms with Crippen molar-refractivity contribution in [3.63, 3.8) is 0 Å². The van der Waals surface area contributed by atoms with Gasteiger partial charge < -0.3 is 19.7 Å². The van der Waals surface area contributed by atoms with Gasteiger partial charge in [-0.15, -0.1) is 0 Å². The minimum absolute atomic E-state index is 0.137. The fourth-order valence-electron chi connectivity index (χ4n) is 6.39. The molecular weight excluding hydrogens is 580 g/mol. The van der Waals surface area contributed by atoms with Gasteiger partial charge >= 0.3 is 11.9 Å². The molecule has 2 N–H and O–H groups in total. The van der Waals surface area contributed by atoms with Gasteiger partial charge in [0.05, 0.1) is 20.1 Å². The SMILES string of the molecule is C[C@]12CCC[C@H]1c1cc(C(=O)O)cc(Br)c1O2.Cc1c(C(=O)O)cc2c(c1Br)O[C@@]1(C)CCC[C@@H]21. The third-order valence-electron chi connectivity index (χ3n) is 8.27. The Bertz CT molecular complexity index is 1260. The predicted octanol–water partition coefficient (Wildman–Crippen LogP) is 7.44. The van der Waals surface area contributed by atoms with Gasteiger partial charge in [0.2, 0.25) is 0 Å². The normalized spacial score (nSPS) is 29.2. The Morgan fingerprint density at radius 1 is 0.886 bits per heavy atom. The third kappa shape index (κ3) is 3.88. The second-order valence-electron chi connectivity index (χ2n) is 10.5. The topological polar surface area (TPSA) is 93.1 Å². The summed E-state index contributed by atoms with van der Waals surface area (Å²) in [5.41, 5.74) is 3.28. The first-order valence-corrected chi connectivity index (χ1v) is 13.5. The lowest BCUT2D eigenvalue weighted by molar-refractivity contribution is 0.0685. The number of carbonyl (C=O) groups is 2. The maximum Gasteiger partial charge on any atom is 0.336 e. The van der Waals surface area contributed by atoms with Crippen LogP contribution >= 0.6 is 31.9 Å². The van der Waals surface area contributed by atoms with Crippen molar-refractivity contribution >= 4 is 43.8 Å². The molecule has 0 amide bonds. The van der Waals surface area contributed by atoms with Gasteiger partial charge in [0.15, 0.2) is 0 Å². The lowest BCUT2D eigenvalue weighted by atomic mass is 9.87. The Balaban J connectivity index is 0.000000145. The number of hydrogen-bond acceptors (Lipinski definition) is 4. The van der Waals surface area contributed by atoms with Crippen LogP contribution in [0.3, 0.4) is 0 Å². The minimum Gasteiger partial charge on any atom is -0.485 e. The largest absolute Gasteiger partial charge is 0.485 e. The molecule has 0 bridgehead atoms. The number of carboxylic acids is 2. The van der Waals surface area contributed by atoms with Crippen LogP contribution in [0.1, 0.15) is 102 Å². The van der Waals surface area contributed by atoms with Crippen LogP contribution in [-0.4, -0.2) is 33.4 Å². The van der Waals surface area contributed by atoms with Crippen molar-refractivity contribution in [2.75, 3.05) is 0 Å². The molecule has 0 aromatic heterocycles. The van der Waals surface area contributed by atoms with Crippen LogP contribution < -0.4 is 9.47 Å². The molecule has 2 fully saturated rings. The van der Waals surface area contributed by atoms with Crippen LogP contribution in [0.2, 0.25) is 0 Å². The summed E-state index contributed by atoms with van der Waals surface area (Å²) in [7, 11) is 0. The molecule has 2 aliphatic heterocycles. The van der Waals surface area contributed by atoms with Gasteiger partial charge in [-0.1, -0.05) is 0 Å². The molecule has 2 aromatic carbocycles. The minimum atomic E-state index is -0.889. The van der Waals surface area contributed by atoms with Crippen molar-refractivity contribution in [2.24, 2.45) is 0 Å². The Labute approximate surface area is 221 Å². The number of carboxylic acid groups (broad SMARTS) is 2. The summed E-state index contributed by atoms with van der Waals surface area (Å²) in [5, 5.41) is 18.3. The lowest BCUT2D eigenvalue weighted by Gasteiger charge is -2.23. The molecule has 0 unspecified atom stereocenters. The van der Waals surface area contributed by atoms with Crippen molar-refractivity contribution in [1.29, 1.82) is 0 Å². The quantitative estimate of drug-likeness (QED) is 0.368. The second kappa shape index (κ2) is 8.51. The monoisotopic (exact) mass is 606 g/mol. The van der Waals surface area contributed by atoms with Gasteiger partial charge in [0.1, 0.15) is 22.7 Å². The van der Waals surface area contributed by atoms with Crippen molar-refractivity contribution in [3.05, 3.63) is 55.0 Å². The summed E-state index contributed by atoms with van der Waals surface area (Å²) in [6, 6.07) is 5.19. The van der Waals surface area contributed by atoms with E-state index < -0.39 is 11.9 Å². The fraction of sp³-hybridized carbons (Fsp3) is 0.481. The molecule has 2 saturated carbocycles. The van der Waals surface area contributed by atoms with Gasteiger partial charge in [-0.3, -0.25) is 0 Å². The average Bonchev–Trinajstić information content (AvgIpc) is 3.48. The van der Waals surface area contributed by atoms with E-state index in [1.807, 2.05) is 6.92 Å². The van der Waals surface area contributed by atoms with E-state index in [2.05, 4.69) is 45.7 Å². The van der Waals surface area contributed by atoms with Crippen molar-refractivity contribution in [3.8, 4) is 11.5 Å². The van der Waals surface area contributed by atoms with Gasteiger partial charge in [-0.25, -0.2) is 9.59 Å². The first-order valence-electron chi connectivity index (χ1n) is 12.0. The summed E-state index contributed by atoms with van der Waals surface area (Å²) >= 11 is 6.90. The van der Waals surface area contributed by atoms with Gasteiger partial charge in [-0.2, -0.15) is 0 Å². The molecule has 4 aliphatic rings. The summed E-state index contributed by atoms with van der Waals surface area (Å²) in [6.07, 6.45) is 6.54. The molecule has 2 heterocycles. The molecule has 0 radical (unpaired) electrons. The molecule has 2 aromatic rings. The molecule has 186 valence electrons. The molecule has 0 spiro atoms. The zero-order chi connectivity index (χ0) is 25.3. The molecule has 4 atom stereocenters. The fourth-order valence-corrected chi connectivity index (χ4v) is 7.47. The standard InChI is InChI=1S/C14H15BrO3.C13H13BrO3/c1-7-8(13(16)17)6-9-10-4-3-5-14(10,2)18-12(9)11(7)15;1-13-4-2-3-9(13)8-5-7(12(15)16)6-10(14)11(8)17-13/h6,10H,3-5H2,1-2H3,(H,16,17);5-6,9H,2-4H2,1H3,(H,15,16)/t10-,14-;9-,13-/m00/s1.